The van der Waals surface area contributed by atoms with Crippen LogP contribution >= 0.6 is 0 Å². The number of likely N-dealkylation sites (N-methyl/N-ethyl adjacent to an activating group) is 1. The third kappa shape index (κ3) is 6.27. The Hall–Kier alpha value is -1.39. The van der Waals surface area contributed by atoms with E-state index in [1.165, 1.54) is 0 Å². The Morgan fingerprint density at radius 1 is 1.14 bits per heavy atom. The van der Waals surface area contributed by atoms with Crippen LogP contribution in [0.15, 0.2) is 24.3 Å². The molecule has 1 aromatic carbocycles. The van der Waals surface area contributed by atoms with Crippen molar-refractivity contribution in [3.8, 4) is 0 Å². The van der Waals surface area contributed by atoms with Gasteiger partial charge in [0.25, 0.3) is 0 Å². The van der Waals surface area contributed by atoms with E-state index in [4.69, 9.17) is 5.73 Å². The summed E-state index contributed by atoms with van der Waals surface area (Å²) in [5.74, 6) is 0.660. The molecule has 0 unspecified atom stereocenters. The molecule has 0 aliphatic rings. The van der Waals surface area contributed by atoms with Gasteiger partial charge in [0.15, 0.2) is 0 Å². The lowest BCUT2D eigenvalue weighted by Gasteiger charge is -2.26. The summed E-state index contributed by atoms with van der Waals surface area (Å²) in [6, 6.07) is 7.93. The van der Waals surface area contributed by atoms with Gasteiger partial charge in [-0.2, -0.15) is 0 Å². The predicted molar refractivity (Wildman–Crippen MR) is 88.0 cm³/mol. The maximum Gasteiger partial charge on any atom is 0.227 e. The van der Waals surface area contributed by atoms with E-state index in [2.05, 4.69) is 18.7 Å². The minimum absolute atomic E-state index is 0.187. The van der Waals surface area contributed by atoms with Crippen molar-refractivity contribution in [3.63, 3.8) is 0 Å². The molecule has 21 heavy (non-hydrogen) atoms. The maximum atomic E-state index is 12.6. The fraction of sp³-hybridized carbons (Fsp3) is 0.588. The first-order valence-electron chi connectivity index (χ1n) is 7.63. The highest BCUT2D eigenvalue weighted by Crippen LogP contribution is 2.11. The first-order valence-corrected chi connectivity index (χ1v) is 7.63. The number of nitrogens with zero attached hydrogens (tertiary/aromatic N) is 2. The Kier molecular flexibility index (Phi) is 7.40. The van der Waals surface area contributed by atoms with Gasteiger partial charge in [-0.25, -0.2) is 0 Å². The van der Waals surface area contributed by atoms with Gasteiger partial charge in [-0.3, -0.25) is 4.79 Å². The Bertz CT molecular complexity index is 443. The van der Waals surface area contributed by atoms with Crippen molar-refractivity contribution in [1.29, 1.82) is 0 Å². The van der Waals surface area contributed by atoms with E-state index < -0.39 is 0 Å². The summed E-state index contributed by atoms with van der Waals surface area (Å²) < 4.78 is 0. The number of nitrogens with two attached hydrogens (primary N) is 1. The fourth-order valence-corrected chi connectivity index (χ4v) is 2.28. The average molecular weight is 291 g/mol. The molecule has 1 rings (SSSR count). The zero-order valence-corrected chi connectivity index (χ0v) is 13.8. The molecular weight excluding hydrogens is 262 g/mol. The molecule has 0 aliphatic heterocycles. The van der Waals surface area contributed by atoms with Crippen molar-refractivity contribution in [2.24, 2.45) is 11.7 Å². The molecular formula is C17H29N3O. The lowest BCUT2D eigenvalue weighted by molar-refractivity contribution is -0.131. The highest BCUT2D eigenvalue weighted by atomic mass is 16.2. The molecule has 0 aliphatic carbocycles. The summed E-state index contributed by atoms with van der Waals surface area (Å²) in [4.78, 5) is 16.7. The van der Waals surface area contributed by atoms with Crippen molar-refractivity contribution in [3.05, 3.63) is 35.4 Å². The minimum Gasteiger partial charge on any atom is -0.341 e. The summed E-state index contributed by atoms with van der Waals surface area (Å²) >= 11 is 0. The molecule has 0 atom stereocenters. The Morgan fingerprint density at radius 2 is 1.76 bits per heavy atom. The van der Waals surface area contributed by atoms with Gasteiger partial charge in [0.1, 0.15) is 0 Å². The van der Waals surface area contributed by atoms with Crippen molar-refractivity contribution < 1.29 is 4.79 Å². The quantitative estimate of drug-likeness (QED) is 0.793. The van der Waals surface area contributed by atoms with Gasteiger partial charge >= 0.3 is 0 Å². The zero-order valence-electron chi connectivity index (χ0n) is 13.8. The van der Waals surface area contributed by atoms with Crippen LogP contribution in [0.4, 0.5) is 0 Å². The Labute approximate surface area is 128 Å². The molecule has 118 valence electrons. The van der Waals surface area contributed by atoms with E-state index in [1.54, 1.807) is 0 Å². The van der Waals surface area contributed by atoms with E-state index in [0.717, 1.165) is 30.8 Å². The largest absolute Gasteiger partial charge is 0.341 e. The number of benzene rings is 1. The SMILES string of the molecule is CC(C)CN(CCN(C)C)C(=O)Cc1ccccc1CN. The molecule has 0 saturated carbocycles. The molecule has 0 heterocycles. The maximum absolute atomic E-state index is 12.6. The fourth-order valence-electron chi connectivity index (χ4n) is 2.28. The smallest absolute Gasteiger partial charge is 0.227 e. The molecule has 2 N–H and O–H groups in total. The van der Waals surface area contributed by atoms with Gasteiger partial charge in [0, 0.05) is 26.2 Å². The molecule has 0 fully saturated rings. The second-order valence-corrected chi connectivity index (χ2v) is 6.19. The third-order valence-corrected chi connectivity index (χ3v) is 3.44. The lowest BCUT2D eigenvalue weighted by Crippen LogP contribution is -2.39. The van der Waals surface area contributed by atoms with Crippen LogP contribution in [0.1, 0.15) is 25.0 Å². The molecule has 1 aromatic rings. The minimum atomic E-state index is 0.187. The Morgan fingerprint density at radius 3 is 2.29 bits per heavy atom. The second-order valence-electron chi connectivity index (χ2n) is 6.19. The molecule has 0 bridgehead atoms. The van der Waals surface area contributed by atoms with Crippen LogP contribution < -0.4 is 5.73 Å². The number of amides is 1. The van der Waals surface area contributed by atoms with Gasteiger partial charge in [0.05, 0.1) is 6.42 Å². The second kappa shape index (κ2) is 8.80. The van der Waals surface area contributed by atoms with Crippen molar-refractivity contribution in [1.82, 2.24) is 9.80 Å². The first-order chi connectivity index (χ1) is 9.93. The highest BCUT2D eigenvalue weighted by Gasteiger charge is 2.16. The van der Waals surface area contributed by atoms with Crippen LogP contribution in [0.3, 0.4) is 0 Å². The average Bonchev–Trinajstić information content (AvgIpc) is 2.43. The third-order valence-electron chi connectivity index (χ3n) is 3.44. The molecule has 4 nitrogen and oxygen atoms in total. The van der Waals surface area contributed by atoms with Gasteiger partial charge < -0.3 is 15.5 Å². The summed E-state index contributed by atoms with van der Waals surface area (Å²) in [5.41, 5.74) is 7.85. The summed E-state index contributed by atoms with van der Waals surface area (Å²) in [5, 5.41) is 0. The summed E-state index contributed by atoms with van der Waals surface area (Å²) in [7, 11) is 4.06. The van der Waals surface area contributed by atoms with E-state index in [9.17, 15) is 4.79 Å². The standard InChI is InChI=1S/C17H29N3O/c1-14(2)13-20(10-9-19(3)4)17(21)11-15-7-5-6-8-16(15)12-18/h5-8,14H,9-13,18H2,1-4H3. The van der Waals surface area contributed by atoms with Gasteiger partial charge in [-0.1, -0.05) is 38.1 Å². The normalized spacial score (nSPS) is 11.2. The molecule has 1 amide bonds. The molecule has 4 heteroatoms. The molecule has 0 radical (unpaired) electrons. The van der Waals surface area contributed by atoms with E-state index in [-0.39, 0.29) is 5.91 Å². The van der Waals surface area contributed by atoms with Crippen molar-refractivity contribution in [2.75, 3.05) is 33.7 Å². The van der Waals surface area contributed by atoms with E-state index >= 15 is 0 Å². The van der Waals surface area contributed by atoms with Crippen LogP contribution in [0.5, 0.6) is 0 Å². The van der Waals surface area contributed by atoms with E-state index in [1.807, 2.05) is 43.3 Å². The van der Waals surface area contributed by atoms with Crippen LogP contribution in [0.25, 0.3) is 0 Å². The van der Waals surface area contributed by atoms with Gasteiger partial charge in [-0.05, 0) is 31.1 Å². The monoisotopic (exact) mass is 291 g/mol. The van der Waals surface area contributed by atoms with Crippen LogP contribution in [-0.4, -0.2) is 49.4 Å². The summed E-state index contributed by atoms with van der Waals surface area (Å²) in [6.45, 7) is 7.22. The molecule has 0 aromatic heterocycles. The van der Waals surface area contributed by atoms with Gasteiger partial charge in [-0.15, -0.1) is 0 Å². The number of hydrogen-bond acceptors (Lipinski definition) is 3. The molecule has 0 saturated heterocycles. The molecule has 0 spiro atoms. The number of rotatable bonds is 8. The van der Waals surface area contributed by atoms with Crippen LogP contribution in [-0.2, 0) is 17.8 Å². The van der Waals surface area contributed by atoms with Crippen LogP contribution in [0, 0.1) is 5.92 Å². The number of carbonyl (C=O) groups excluding carboxylic acids is 1. The predicted octanol–water partition coefficient (Wildman–Crippen LogP) is 1.73. The van der Waals surface area contributed by atoms with Crippen molar-refractivity contribution >= 4 is 5.91 Å². The number of hydrogen-bond donors (Lipinski definition) is 1. The lowest BCUT2D eigenvalue weighted by atomic mass is 10.0. The number of carbonyl (C=O) groups is 1. The Balaban J connectivity index is 2.75. The van der Waals surface area contributed by atoms with Crippen molar-refractivity contribution in [2.45, 2.75) is 26.8 Å². The topological polar surface area (TPSA) is 49.6 Å². The zero-order chi connectivity index (χ0) is 15.8. The van der Waals surface area contributed by atoms with E-state index in [0.29, 0.717) is 18.9 Å². The van der Waals surface area contributed by atoms with Gasteiger partial charge in [0.2, 0.25) is 5.91 Å². The highest BCUT2D eigenvalue weighted by molar-refractivity contribution is 5.79. The summed E-state index contributed by atoms with van der Waals surface area (Å²) in [6.07, 6.45) is 0.438. The first kappa shape index (κ1) is 17.7. The van der Waals surface area contributed by atoms with Crippen LogP contribution in [0.2, 0.25) is 0 Å².